The molecule has 9 heteroatoms. The molecular weight excluding hydrogens is 361 g/mol. The molecule has 2 fully saturated rings. The van der Waals surface area contributed by atoms with Crippen LogP contribution in [0.25, 0.3) is 0 Å². The molecule has 1 aromatic rings. The predicted octanol–water partition coefficient (Wildman–Crippen LogP) is 2.68. The molecule has 1 atom stereocenters. The van der Waals surface area contributed by atoms with E-state index in [0.717, 1.165) is 32.1 Å². The van der Waals surface area contributed by atoms with Gasteiger partial charge in [0.25, 0.3) is 0 Å². The van der Waals surface area contributed by atoms with Gasteiger partial charge in [-0.1, -0.05) is 0 Å². The van der Waals surface area contributed by atoms with Crippen LogP contribution in [0.5, 0.6) is 0 Å². The number of aromatic nitrogens is 2. The van der Waals surface area contributed by atoms with E-state index in [4.69, 9.17) is 0 Å². The van der Waals surface area contributed by atoms with Crippen LogP contribution in [0.2, 0.25) is 0 Å². The molecule has 0 radical (unpaired) electrons. The molecule has 2 aliphatic heterocycles. The van der Waals surface area contributed by atoms with Gasteiger partial charge in [-0.2, -0.15) is 13.2 Å². The van der Waals surface area contributed by atoms with Crippen molar-refractivity contribution in [2.75, 3.05) is 13.2 Å². The number of hydrogen-bond donors (Lipinski definition) is 2. The fraction of sp³-hybridized carbons (Fsp3) is 0.778. The third kappa shape index (κ3) is 3.41. The third-order valence-corrected chi connectivity index (χ3v) is 6.19. The standard InChI is InChI=1S/C18H25F3N4O2/c19-18(20,21)15-23-13(14-3-1-2-7-24(14)15)10-22-16(27)25-8-4-12(11-26)9-17(25)5-6-17/h12,26H,1-11H2,(H,22,27). The van der Waals surface area contributed by atoms with Gasteiger partial charge < -0.3 is 19.9 Å². The van der Waals surface area contributed by atoms with Crippen molar-refractivity contribution in [1.29, 1.82) is 0 Å². The second-order valence-corrected chi connectivity index (χ2v) is 8.01. The molecule has 150 valence electrons. The molecule has 27 heavy (non-hydrogen) atoms. The van der Waals surface area contributed by atoms with Gasteiger partial charge in [0.2, 0.25) is 5.82 Å². The van der Waals surface area contributed by atoms with Crippen LogP contribution in [0.3, 0.4) is 0 Å². The van der Waals surface area contributed by atoms with E-state index in [1.807, 2.05) is 4.90 Å². The monoisotopic (exact) mass is 386 g/mol. The number of carbonyl (C=O) groups excluding carboxylic acids is 1. The average Bonchev–Trinajstić information content (AvgIpc) is 3.28. The third-order valence-electron chi connectivity index (χ3n) is 6.19. The van der Waals surface area contributed by atoms with Crippen molar-refractivity contribution in [1.82, 2.24) is 19.8 Å². The van der Waals surface area contributed by atoms with E-state index in [-0.39, 0.29) is 30.6 Å². The highest BCUT2D eigenvalue weighted by Crippen LogP contribution is 2.49. The van der Waals surface area contributed by atoms with Crippen molar-refractivity contribution in [3.8, 4) is 0 Å². The Morgan fingerprint density at radius 3 is 2.74 bits per heavy atom. The molecule has 1 unspecified atom stereocenters. The summed E-state index contributed by atoms with van der Waals surface area (Å²) >= 11 is 0. The number of likely N-dealkylation sites (tertiary alicyclic amines) is 1. The van der Waals surface area contributed by atoms with E-state index in [1.165, 1.54) is 4.57 Å². The highest BCUT2D eigenvalue weighted by Gasteiger charge is 2.53. The van der Waals surface area contributed by atoms with Gasteiger partial charge in [-0.3, -0.25) is 0 Å². The van der Waals surface area contributed by atoms with Crippen molar-refractivity contribution in [2.24, 2.45) is 5.92 Å². The van der Waals surface area contributed by atoms with Gasteiger partial charge in [0, 0.05) is 30.9 Å². The summed E-state index contributed by atoms with van der Waals surface area (Å²) in [5, 5.41) is 12.2. The van der Waals surface area contributed by atoms with Gasteiger partial charge in [0.1, 0.15) is 0 Å². The first-order valence-corrected chi connectivity index (χ1v) is 9.66. The van der Waals surface area contributed by atoms with Gasteiger partial charge >= 0.3 is 12.2 Å². The first kappa shape index (κ1) is 18.6. The van der Waals surface area contributed by atoms with E-state index in [9.17, 15) is 23.1 Å². The lowest BCUT2D eigenvalue weighted by Gasteiger charge is -2.39. The molecule has 1 aromatic heterocycles. The number of halogens is 3. The molecular formula is C18H25F3N4O2. The van der Waals surface area contributed by atoms with Crippen LogP contribution in [-0.2, 0) is 25.7 Å². The second kappa shape index (κ2) is 6.68. The van der Waals surface area contributed by atoms with Gasteiger partial charge in [0.05, 0.1) is 12.2 Å². The van der Waals surface area contributed by atoms with Gasteiger partial charge in [-0.25, -0.2) is 9.78 Å². The number of urea groups is 1. The topological polar surface area (TPSA) is 70.4 Å². The van der Waals surface area contributed by atoms with Crippen molar-refractivity contribution in [3.63, 3.8) is 0 Å². The Morgan fingerprint density at radius 1 is 1.30 bits per heavy atom. The number of alkyl halides is 3. The summed E-state index contributed by atoms with van der Waals surface area (Å²) in [6, 6.07) is -0.241. The normalized spacial score (nSPS) is 24.0. The molecule has 3 heterocycles. The maximum Gasteiger partial charge on any atom is 0.449 e. The molecule has 0 bridgehead atoms. The molecule has 3 aliphatic rings. The molecule has 4 rings (SSSR count). The number of nitrogens with one attached hydrogen (secondary N) is 1. The maximum absolute atomic E-state index is 13.3. The lowest BCUT2D eigenvalue weighted by atomic mass is 9.90. The summed E-state index contributed by atoms with van der Waals surface area (Å²) in [6.45, 7) is 1.05. The summed E-state index contributed by atoms with van der Waals surface area (Å²) in [6.07, 6.45) is 1.02. The van der Waals surface area contributed by atoms with E-state index >= 15 is 0 Å². The SMILES string of the molecule is O=C(NCc1nc(C(F)(F)F)n2c1CCCC2)N1CCC(CO)CC12CC2. The van der Waals surface area contributed by atoms with E-state index in [1.54, 1.807) is 0 Å². The van der Waals surface area contributed by atoms with Gasteiger partial charge in [0.15, 0.2) is 0 Å². The Morgan fingerprint density at radius 2 is 2.07 bits per heavy atom. The Kier molecular flexibility index (Phi) is 4.60. The molecule has 6 nitrogen and oxygen atoms in total. The van der Waals surface area contributed by atoms with Gasteiger partial charge in [-0.05, 0) is 50.9 Å². The minimum Gasteiger partial charge on any atom is -0.396 e. The summed E-state index contributed by atoms with van der Waals surface area (Å²) < 4.78 is 41.0. The largest absolute Gasteiger partial charge is 0.449 e. The average molecular weight is 386 g/mol. The summed E-state index contributed by atoms with van der Waals surface area (Å²) in [5.74, 6) is -0.630. The number of rotatable bonds is 3. The fourth-order valence-electron chi connectivity index (χ4n) is 4.62. The zero-order valence-corrected chi connectivity index (χ0v) is 15.2. The van der Waals surface area contributed by atoms with Gasteiger partial charge in [-0.15, -0.1) is 0 Å². The van der Waals surface area contributed by atoms with E-state index < -0.39 is 12.0 Å². The number of imidazole rings is 1. The van der Waals surface area contributed by atoms with Crippen molar-refractivity contribution < 1.29 is 23.1 Å². The van der Waals surface area contributed by atoms with Crippen molar-refractivity contribution in [3.05, 3.63) is 17.2 Å². The van der Waals surface area contributed by atoms with Crippen LogP contribution in [-0.4, -0.2) is 44.3 Å². The molecule has 2 amide bonds. The van der Waals surface area contributed by atoms with Crippen LogP contribution in [0.4, 0.5) is 18.0 Å². The number of hydrogen-bond acceptors (Lipinski definition) is 3. The fourth-order valence-corrected chi connectivity index (χ4v) is 4.62. The molecule has 1 aliphatic carbocycles. The Labute approximate surface area is 155 Å². The number of aliphatic hydroxyl groups excluding tert-OH is 1. The number of piperidine rings is 1. The molecule has 0 aromatic carbocycles. The first-order chi connectivity index (χ1) is 12.8. The lowest BCUT2D eigenvalue weighted by molar-refractivity contribution is -0.147. The zero-order chi connectivity index (χ0) is 19.2. The zero-order valence-electron chi connectivity index (χ0n) is 15.2. The number of aliphatic hydroxyl groups is 1. The summed E-state index contributed by atoms with van der Waals surface area (Å²) in [4.78, 5) is 18.3. The summed E-state index contributed by atoms with van der Waals surface area (Å²) in [7, 11) is 0. The number of fused-ring (bicyclic) bond motifs is 1. The number of carbonyl (C=O) groups is 1. The van der Waals surface area contributed by atoms with E-state index in [0.29, 0.717) is 37.3 Å². The van der Waals surface area contributed by atoms with Crippen LogP contribution in [0.15, 0.2) is 0 Å². The summed E-state index contributed by atoms with van der Waals surface area (Å²) in [5.41, 5.74) is 0.750. The Hall–Kier alpha value is -1.77. The second-order valence-electron chi connectivity index (χ2n) is 8.01. The maximum atomic E-state index is 13.3. The highest BCUT2D eigenvalue weighted by atomic mass is 19.4. The smallest absolute Gasteiger partial charge is 0.396 e. The Balaban J connectivity index is 1.46. The quantitative estimate of drug-likeness (QED) is 0.839. The van der Waals surface area contributed by atoms with Crippen LogP contribution < -0.4 is 5.32 Å². The molecule has 1 saturated heterocycles. The minimum absolute atomic E-state index is 0.0141. The van der Waals surface area contributed by atoms with Crippen molar-refractivity contribution >= 4 is 6.03 Å². The molecule has 1 spiro atoms. The van der Waals surface area contributed by atoms with Crippen LogP contribution in [0, 0.1) is 5.92 Å². The lowest BCUT2D eigenvalue weighted by Crippen LogP contribution is -2.52. The molecule has 2 N–H and O–H groups in total. The predicted molar refractivity (Wildman–Crippen MR) is 90.9 cm³/mol. The van der Waals surface area contributed by atoms with E-state index in [2.05, 4.69) is 10.3 Å². The number of amides is 2. The van der Waals surface area contributed by atoms with Crippen LogP contribution in [0.1, 0.15) is 55.7 Å². The minimum atomic E-state index is -4.49. The highest BCUT2D eigenvalue weighted by molar-refractivity contribution is 5.75. The first-order valence-electron chi connectivity index (χ1n) is 9.66. The number of nitrogens with zero attached hydrogens (tertiary/aromatic N) is 3. The molecule has 1 saturated carbocycles. The Bertz CT molecular complexity index is 727. The van der Waals surface area contributed by atoms with Crippen molar-refractivity contribution in [2.45, 2.75) is 69.8 Å². The van der Waals surface area contributed by atoms with Crippen LogP contribution >= 0.6 is 0 Å².